The minimum absolute atomic E-state index is 0.0537. The van der Waals surface area contributed by atoms with E-state index in [9.17, 15) is 19.4 Å². The molecule has 0 saturated carbocycles. The number of ether oxygens (including phenoxy) is 2. The lowest BCUT2D eigenvalue weighted by atomic mass is 10.0. The Morgan fingerprint density at radius 2 is 0.927 bits per heavy atom. The number of allylic oxidation sites excluding steroid dienone is 2. The topological polar surface area (TPSA) is 132 Å². The summed E-state index contributed by atoms with van der Waals surface area (Å²) in [5.41, 5.74) is 0. The van der Waals surface area contributed by atoms with E-state index in [1.54, 1.807) is 0 Å². The van der Waals surface area contributed by atoms with Gasteiger partial charge in [0.05, 0.1) is 26.4 Å². The molecule has 0 amide bonds. The van der Waals surface area contributed by atoms with Crippen molar-refractivity contribution in [1.82, 2.24) is 0 Å². The Hall–Kier alpha value is -0.800. The molecule has 0 heterocycles. The highest BCUT2D eigenvalue weighted by Gasteiger charge is 2.26. The summed E-state index contributed by atoms with van der Waals surface area (Å²) < 4.78 is 33.4. The first-order valence-corrected chi connectivity index (χ1v) is 24.7. The van der Waals surface area contributed by atoms with Gasteiger partial charge in [0.1, 0.15) is 12.2 Å². The number of phosphoric ester groups is 1. The van der Waals surface area contributed by atoms with E-state index in [-0.39, 0.29) is 25.6 Å². The van der Waals surface area contributed by atoms with Crippen LogP contribution in [-0.2, 0) is 27.9 Å². The van der Waals surface area contributed by atoms with Gasteiger partial charge in [0, 0.05) is 13.0 Å². The zero-order valence-electron chi connectivity index (χ0n) is 35.9. The van der Waals surface area contributed by atoms with E-state index in [2.05, 4.69) is 26.0 Å². The van der Waals surface area contributed by atoms with E-state index in [1.807, 2.05) is 0 Å². The first kappa shape index (κ1) is 54.2. The summed E-state index contributed by atoms with van der Waals surface area (Å²) in [7, 11) is -4.51. The van der Waals surface area contributed by atoms with Gasteiger partial charge in [0.2, 0.25) is 0 Å². The average molecular weight is 805 g/mol. The molecule has 0 bridgehead atoms. The van der Waals surface area contributed by atoms with Crippen LogP contribution in [0.25, 0.3) is 0 Å². The monoisotopic (exact) mass is 805 g/mol. The number of rotatable bonds is 45. The van der Waals surface area contributed by atoms with Crippen molar-refractivity contribution < 1.29 is 43.0 Å². The molecule has 3 unspecified atom stereocenters. The van der Waals surface area contributed by atoms with E-state index >= 15 is 0 Å². The van der Waals surface area contributed by atoms with Gasteiger partial charge in [0.15, 0.2) is 0 Å². The van der Waals surface area contributed by atoms with Gasteiger partial charge < -0.3 is 24.6 Å². The van der Waals surface area contributed by atoms with Crippen molar-refractivity contribution >= 4 is 13.8 Å². The van der Waals surface area contributed by atoms with Gasteiger partial charge >= 0.3 is 13.8 Å². The van der Waals surface area contributed by atoms with E-state index in [0.717, 1.165) is 44.9 Å². The van der Waals surface area contributed by atoms with Crippen molar-refractivity contribution in [3.05, 3.63) is 12.2 Å². The lowest BCUT2D eigenvalue weighted by Crippen LogP contribution is -2.29. The van der Waals surface area contributed by atoms with Crippen molar-refractivity contribution in [3.8, 4) is 0 Å². The summed E-state index contributed by atoms with van der Waals surface area (Å²) in [6.07, 6.45) is 43.1. The predicted octanol–water partition coefficient (Wildman–Crippen LogP) is 12.9. The summed E-state index contributed by atoms with van der Waals surface area (Å²) in [4.78, 5) is 22.6. The summed E-state index contributed by atoms with van der Waals surface area (Å²) in [5, 5.41) is 18.4. The number of aliphatic hydroxyl groups is 2. The third-order valence-electron chi connectivity index (χ3n) is 10.2. The Labute approximate surface area is 339 Å². The molecule has 0 aromatic rings. The molecule has 0 aromatic carbocycles. The zero-order valence-corrected chi connectivity index (χ0v) is 36.8. The van der Waals surface area contributed by atoms with E-state index in [0.29, 0.717) is 6.61 Å². The molecule has 0 saturated heterocycles. The number of carbonyl (C=O) groups is 1. The third-order valence-corrected chi connectivity index (χ3v) is 11.2. The number of esters is 1. The highest BCUT2D eigenvalue weighted by molar-refractivity contribution is 7.47. The van der Waals surface area contributed by atoms with Crippen molar-refractivity contribution in [1.29, 1.82) is 0 Å². The zero-order chi connectivity index (χ0) is 40.3. The normalized spacial score (nSPS) is 14.1. The molecule has 3 atom stereocenters. The Bertz CT molecular complexity index is 871. The standard InChI is InChI=1S/C45H89O9P/c1-3-5-7-9-11-13-15-17-19-21-23-25-27-29-31-33-35-37-45(48)54-44(42-53-55(49,50)52-40-43(47)39-46)41-51-38-36-34-32-30-28-26-24-22-20-18-16-14-12-10-8-6-4-2/h17,19,43-44,46-47H,3-16,18,20-42H2,1-2H3,(H,49,50)/b19-17-. The second-order valence-electron chi connectivity index (χ2n) is 15.8. The maximum Gasteiger partial charge on any atom is 0.472 e. The predicted molar refractivity (Wildman–Crippen MR) is 228 cm³/mol. The molecule has 328 valence electrons. The van der Waals surface area contributed by atoms with Crippen LogP contribution in [0.5, 0.6) is 0 Å². The maximum atomic E-state index is 12.6. The fourth-order valence-electron chi connectivity index (χ4n) is 6.65. The summed E-state index contributed by atoms with van der Waals surface area (Å²) in [6.45, 7) is 3.56. The molecule has 9 nitrogen and oxygen atoms in total. The number of unbranched alkanes of at least 4 members (excludes halogenated alkanes) is 29. The van der Waals surface area contributed by atoms with Gasteiger partial charge in [-0.25, -0.2) is 4.57 Å². The van der Waals surface area contributed by atoms with Crippen molar-refractivity contribution in [2.45, 2.75) is 238 Å². The highest BCUT2D eigenvalue weighted by atomic mass is 31.2. The van der Waals surface area contributed by atoms with Crippen LogP contribution in [0.1, 0.15) is 226 Å². The molecular formula is C45H89O9P. The molecular weight excluding hydrogens is 715 g/mol. The van der Waals surface area contributed by atoms with Crippen LogP contribution in [-0.4, -0.2) is 66.3 Å². The number of hydrogen-bond acceptors (Lipinski definition) is 8. The van der Waals surface area contributed by atoms with Crippen LogP contribution in [0.4, 0.5) is 0 Å². The quantitative estimate of drug-likeness (QED) is 0.0238. The van der Waals surface area contributed by atoms with Crippen LogP contribution >= 0.6 is 7.82 Å². The first-order valence-electron chi connectivity index (χ1n) is 23.2. The number of aliphatic hydroxyl groups excluding tert-OH is 2. The van der Waals surface area contributed by atoms with Crippen LogP contribution in [0.3, 0.4) is 0 Å². The minimum atomic E-state index is -4.51. The fourth-order valence-corrected chi connectivity index (χ4v) is 7.44. The van der Waals surface area contributed by atoms with Crippen molar-refractivity contribution in [3.63, 3.8) is 0 Å². The summed E-state index contributed by atoms with van der Waals surface area (Å²) in [5.74, 6) is -0.382. The molecule has 0 rings (SSSR count). The highest BCUT2D eigenvalue weighted by Crippen LogP contribution is 2.43. The van der Waals surface area contributed by atoms with Crippen LogP contribution in [0, 0.1) is 0 Å². The fraction of sp³-hybridized carbons (Fsp3) is 0.933. The number of carbonyl (C=O) groups excluding carboxylic acids is 1. The number of hydrogen-bond donors (Lipinski definition) is 3. The van der Waals surface area contributed by atoms with Gasteiger partial charge in [-0.2, -0.15) is 0 Å². The van der Waals surface area contributed by atoms with E-state index < -0.39 is 33.2 Å². The van der Waals surface area contributed by atoms with Crippen LogP contribution in [0.15, 0.2) is 12.2 Å². The van der Waals surface area contributed by atoms with Gasteiger partial charge in [-0.05, 0) is 38.5 Å². The Morgan fingerprint density at radius 3 is 1.36 bits per heavy atom. The molecule has 0 spiro atoms. The largest absolute Gasteiger partial charge is 0.472 e. The van der Waals surface area contributed by atoms with Crippen LogP contribution < -0.4 is 0 Å². The Balaban J connectivity index is 4.11. The number of phosphoric acid groups is 1. The molecule has 0 aliphatic carbocycles. The lowest BCUT2D eigenvalue weighted by Gasteiger charge is -2.20. The van der Waals surface area contributed by atoms with Crippen molar-refractivity contribution in [2.24, 2.45) is 0 Å². The third kappa shape index (κ3) is 42.6. The molecule has 0 radical (unpaired) electrons. The SMILES string of the molecule is CCCCCCCC/C=C\CCCCCCCCCC(=O)OC(COCCCCCCCCCCCCCCCCCCC)COP(=O)(O)OCC(O)CO. The minimum Gasteiger partial charge on any atom is -0.457 e. The molecule has 3 N–H and O–H groups in total. The molecule has 0 aromatic heterocycles. The Morgan fingerprint density at radius 1 is 0.545 bits per heavy atom. The molecule has 0 fully saturated rings. The summed E-state index contributed by atoms with van der Waals surface area (Å²) in [6, 6.07) is 0. The van der Waals surface area contributed by atoms with E-state index in [1.165, 1.54) is 161 Å². The van der Waals surface area contributed by atoms with Gasteiger partial charge in [-0.15, -0.1) is 0 Å². The second-order valence-corrected chi connectivity index (χ2v) is 17.2. The molecule has 0 aliphatic rings. The van der Waals surface area contributed by atoms with Crippen LogP contribution in [0.2, 0.25) is 0 Å². The van der Waals surface area contributed by atoms with Gasteiger partial charge in [-0.3, -0.25) is 13.8 Å². The average Bonchev–Trinajstić information content (AvgIpc) is 3.18. The first-order chi connectivity index (χ1) is 26.8. The van der Waals surface area contributed by atoms with Gasteiger partial charge in [0.25, 0.3) is 0 Å². The molecule has 55 heavy (non-hydrogen) atoms. The lowest BCUT2D eigenvalue weighted by molar-refractivity contribution is -0.154. The molecule has 10 heteroatoms. The Kier molecular flexibility index (Phi) is 42.2. The smallest absolute Gasteiger partial charge is 0.457 e. The maximum absolute atomic E-state index is 12.6. The molecule has 0 aliphatic heterocycles. The second kappa shape index (κ2) is 42.8. The van der Waals surface area contributed by atoms with Gasteiger partial charge in [-0.1, -0.05) is 193 Å². The van der Waals surface area contributed by atoms with Crippen molar-refractivity contribution in [2.75, 3.05) is 33.0 Å². The summed E-state index contributed by atoms with van der Waals surface area (Å²) >= 11 is 0. The van der Waals surface area contributed by atoms with E-state index in [4.69, 9.17) is 23.6 Å².